The maximum atomic E-state index is 13.1. The van der Waals surface area contributed by atoms with Crippen LogP contribution in [0.15, 0.2) is 51.9 Å². The Hall–Kier alpha value is -2.71. The predicted octanol–water partition coefficient (Wildman–Crippen LogP) is 4.14. The molecule has 0 aliphatic carbocycles. The lowest BCUT2D eigenvalue weighted by Crippen LogP contribution is -2.36. The van der Waals surface area contributed by atoms with E-state index in [9.17, 15) is 8.42 Å². The number of nitrogens with one attached hydrogen (secondary N) is 1. The summed E-state index contributed by atoms with van der Waals surface area (Å²) in [6.07, 6.45) is 2.91. The normalized spacial score (nSPS) is 15.3. The fourth-order valence-electron chi connectivity index (χ4n) is 3.67. The second kappa shape index (κ2) is 8.57. The van der Waals surface area contributed by atoms with E-state index >= 15 is 0 Å². The molecule has 1 N–H and O–H groups in total. The molecule has 0 spiro atoms. The van der Waals surface area contributed by atoms with Crippen molar-refractivity contribution in [2.24, 2.45) is 0 Å². The maximum Gasteiger partial charge on any atom is 0.246 e. The number of benzene rings is 2. The first-order chi connectivity index (χ1) is 14.4. The summed E-state index contributed by atoms with van der Waals surface area (Å²) in [4.78, 5) is 4.80. The van der Waals surface area contributed by atoms with E-state index in [1.54, 1.807) is 10.4 Å². The first kappa shape index (κ1) is 20.6. The van der Waals surface area contributed by atoms with Crippen molar-refractivity contribution in [2.75, 3.05) is 18.4 Å². The summed E-state index contributed by atoms with van der Waals surface area (Å²) in [6, 6.07) is 13.2. The summed E-state index contributed by atoms with van der Waals surface area (Å²) < 4.78 is 33.1. The summed E-state index contributed by atoms with van der Waals surface area (Å²) in [5.41, 5.74) is 3.44. The third kappa shape index (κ3) is 4.24. The molecule has 0 bridgehead atoms. The molecule has 1 aliphatic rings. The number of hydrogen-bond acceptors (Lipinski definition) is 6. The Morgan fingerprint density at radius 1 is 1.03 bits per heavy atom. The number of piperidine rings is 1. The largest absolute Gasteiger partial charge is 0.376 e. The number of sulfonamides is 1. The maximum absolute atomic E-state index is 13.1. The molecule has 3 aromatic rings. The van der Waals surface area contributed by atoms with Gasteiger partial charge in [-0.05, 0) is 49.9 Å². The van der Waals surface area contributed by atoms with Crippen LogP contribution in [0.3, 0.4) is 0 Å². The topological polar surface area (TPSA) is 88.3 Å². The third-order valence-electron chi connectivity index (χ3n) is 5.42. The monoisotopic (exact) mass is 426 g/mol. The van der Waals surface area contributed by atoms with Gasteiger partial charge in [0.25, 0.3) is 0 Å². The highest BCUT2D eigenvalue weighted by molar-refractivity contribution is 7.89. The molecular formula is C22H26N4O3S. The van der Waals surface area contributed by atoms with Gasteiger partial charge in [-0.1, -0.05) is 41.9 Å². The van der Waals surface area contributed by atoms with E-state index in [1.165, 1.54) is 0 Å². The lowest BCUT2D eigenvalue weighted by atomic mass is 10.1. The molecule has 0 amide bonds. The number of nitrogens with zero attached hydrogens (tertiary/aromatic N) is 3. The van der Waals surface area contributed by atoms with Gasteiger partial charge in [-0.25, -0.2) is 8.42 Å². The quantitative estimate of drug-likeness (QED) is 0.637. The number of rotatable bonds is 6. The van der Waals surface area contributed by atoms with E-state index < -0.39 is 10.0 Å². The summed E-state index contributed by atoms with van der Waals surface area (Å²) in [6.45, 7) is 5.31. The van der Waals surface area contributed by atoms with Gasteiger partial charge in [-0.3, -0.25) is 0 Å². The summed E-state index contributed by atoms with van der Waals surface area (Å²) in [5.74, 6) is 0.983. The summed E-state index contributed by atoms with van der Waals surface area (Å²) in [5, 5.41) is 7.27. The number of aryl methyl sites for hydroxylation is 2. The average Bonchev–Trinajstić information content (AvgIpc) is 3.23. The van der Waals surface area contributed by atoms with Crippen LogP contribution >= 0.6 is 0 Å². The van der Waals surface area contributed by atoms with Crippen LogP contribution in [0.5, 0.6) is 0 Å². The van der Waals surface area contributed by atoms with E-state index in [4.69, 9.17) is 4.52 Å². The van der Waals surface area contributed by atoms with Crippen LogP contribution in [0.25, 0.3) is 11.4 Å². The second-order valence-electron chi connectivity index (χ2n) is 7.63. The van der Waals surface area contributed by atoms with Crippen LogP contribution in [0, 0.1) is 13.8 Å². The lowest BCUT2D eigenvalue weighted by molar-refractivity contribution is 0.346. The molecule has 1 saturated heterocycles. The minimum Gasteiger partial charge on any atom is -0.376 e. The van der Waals surface area contributed by atoms with E-state index in [0.29, 0.717) is 41.9 Å². The fourth-order valence-corrected chi connectivity index (χ4v) is 5.44. The number of aromatic nitrogens is 2. The minimum absolute atomic E-state index is 0.311. The second-order valence-corrected chi connectivity index (χ2v) is 9.53. The van der Waals surface area contributed by atoms with Gasteiger partial charge in [0, 0.05) is 24.3 Å². The molecule has 7 nitrogen and oxygen atoms in total. The Morgan fingerprint density at radius 3 is 2.57 bits per heavy atom. The molecule has 8 heteroatoms. The van der Waals surface area contributed by atoms with Crippen molar-refractivity contribution in [3.8, 4) is 11.4 Å². The van der Waals surface area contributed by atoms with E-state index in [1.807, 2.05) is 50.2 Å². The van der Waals surface area contributed by atoms with Crippen molar-refractivity contribution in [1.82, 2.24) is 14.4 Å². The van der Waals surface area contributed by atoms with Crippen molar-refractivity contribution < 1.29 is 12.9 Å². The Balaban J connectivity index is 1.50. The van der Waals surface area contributed by atoms with Gasteiger partial charge in [-0.15, -0.1) is 0 Å². The molecule has 30 heavy (non-hydrogen) atoms. The van der Waals surface area contributed by atoms with Crippen LogP contribution in [-0.4, -0.2) is 36.0 Å². The third-order valence-corrected chi connectivity index (χ3v) is 7.46. The highest BCUT2D eigenvalue weighted by Gasteiger charge is 2.27. The molecule has 0 saturated carbocycles. The van der Waals surface area contributed by atoms with Crippen LogP contribution < -0.4 is 5.32 Å². The zero-order chi connectivity index (χ0) is 21.1. The van der Waals surface area contributed by atoms with Gasteiger partial charge < -0.3 is 9.84 Å². The summed E-state index contributed by atoms with van der Waals surface area (Å²) >= 11 is 0. The van der Waals surface area contributed by atoms with Gasteiger partial charge in [0.1, 0.15) is 0 Å². The van der Waals surface area contributed by atoms with Crippen molar-refractivity contribution in [3.05, 3.63) is 59.5 Å². The Kier molecular flexibility index (Phi) is 5.87. The molecule has 1 aromatic heterocycles. The van der Waals surface area contributed by atoms with Gasteiger partial charge in [-0.2, -0.15) is 9.29 Å². The molecule has 0 unspecified atom stereocenters. The number of anilines is 1. The SMILES string of the molecule is Cc1ccccc1-c1noc(CNc2ccc(C)c(S(=O)(=O)N3CCCCC3)c2)n1. The molecule has 158 valence electrons. The van der Waals surface area contributed by atoms with E-state index in [2.05, 4.69) is 15.5 Å². The van der Waals surface area contributed by atoms with Gasteiger partial charge in [0.2, 0.25) is 21.7 Å². The average molecular weight is 427 g/mol. The van der Waals surface area contributed by atoms with Crippen LogP contribution in [0.4, 0.5) is 5.69 Å². The molecule has 1 aliphatic heterocycles. The highest BCUT2D eigenvalue weighted by Crippen LogP contribution is 2.26. The van der Waals surface area contributed by atoms with E-state index in [0.717, 1.165) is 36.0 Å². The smallest absolute Gasteiger partial charge is 0.246 e. The van der Waals surface area contributed by atoms with Crippen molar-refractivity contribution >= 4 is 15.7 Å². The lowest BCUT2D eigenvalue weighted by Gasteiger charge is -2.26. The van der Waals surface area contributed by atoms with Gasteiger partial charge in [0.15, 0.2) is 0 Å². The van der Waals surface area contributed by atoms with E-state index in [-0.39, 0.29) is 0 Å². The summed E-state index contributed by atoms with van der Waals surface area (Å²) in [7, 11) is -3.49. The zero-order valence-electron chi connectivity index (χ0n) is 17.3. The Morgan fingerprint density at radius 2 is 1.80 bits per heavy atom. The van der Waals surface area contributed by atoms with Crippen molar-refractivity contribution in [1.29, 1.82) is 0 Å². The van der Waals surface area contributed by atoms with Crippen molar-refractivity contribution in [2.45, 2.75) is 44.6 Å². The predicted molar refractivity (Wildman–Crippen MR) is 116 cm³/mol. The van der Waals surface area contributed by atoms with Gasteiger partial charge >= 0.3 is 0 Å². The Bertz CT molecular complexity index is 1130. The van der Waals surface area contributed by atoms with Gasteiger partial charge in [0.05, 0.1) is 11.4 Å². The first-order valence-corrected chi connectivity index (χ1v) is 11.6. The Labute approximate surface area is 177 Å². The molecule has 2 aromatic carbocycles. The highest BCUT2D eigenvalue weighted by atomic mass is 32.2. The zero-order valence-corrected chi connectivity index (χ0v) is 18.1. The molecule has 0 radical (unpaired) electrons. The van der Waals surface area contributed by atoms with Crippen LogP contribution in [-0.2, 0) is 16.6 Å². The van der Waals surface area contributed by atoms with Crippen molar-refractivity contribution in [3.63, 3.8) is 0 Å². The molecule has 4 rings (SSSR count). The molecule has 0 atom stereocenters. The standard InChI is InChI=1S/C22H26N4O3S/c1-16-8-4-5-9-19(16)22-24-21(29-25-22)15-23-18-11-10-17(2)20(14-18)30(27,28)26-12-6-3-7-13-26/h4-5,8-11,14,23H,3,6-7,12-13,15H2,1-2H3. The fraction of sp³-hybridized carbons (Fsp3) is 0.364. The molecular weight excluding hydrogens is 400 g/mol. The minimum atomic E-state index is -3.49. The molecule has 2 heterocycles. The van der Waals surface area contributed by atoms with Crippen LogP contribution in [0.2, 0.25) is 0 Å². The molecule has 1 fully saturated rings. The van der Waals surface area contributed by atoms with Crippen LogP contribution in [0.1, 0.15) is 36.3 Å². The first-order valence-electron chi connectivity index (χ1n) is 10.2. The number of hydrogen-bond donors (Lipinski definition) is 1.